The van der Waals surface area contributed by atoms with E-state index in [2.05, 4.69) is 5.16 Å². The number of esters is 1. The molecule has 0 aromatic carbocycles. The van der Waals surface area contributed by atoms with E-state index in [4.69, 9.17) is 19.0 Å². The summed E-state index contributed by atoms with van der Waals surface area (Å²) < 4.78 is 16.9. The summed E-state index contributed by atoms with van der Waals surface area (Å²) in [6, 6.07) is -0.272. The van der Waals surface area contributed by atoms with Gasteiger partial charge in [-0.3, -0.25) is 9.69 Å². The molecule has 2 fully saturated rings. The largest absolute Gasteiger partial charge is 0.460 e. The van der Waals surface area contributed by atoms with Crippen molar-refractivity contribution < 1.29 is 23.6 Å². The standard InChI is InChI=1S/C27H45N3O5/c1-26(2,3)33-22(31)18-20(15-10-14-19-12-8-7-9-13-19)24-28-23(29-35-24)21-16-11-17-30(21)25(32)34-27(4,5)6/h19-21H,7-18H2,1-6H3/t20-,21?/m1/s1. The first kappa shape index (κ1) is 27.5. The molecule has 8 nitrogen and oxygen atoms in total. The van der Waals surface area contributed by atoms with Gasteiger partial charge in [0, 0.05) is 12.5 Å². The molecule has 1 saturated carbocycles. The second kappa shape index (κ2) is 11.7. The summed E-state index contributed by atoms with van der Waals surface area (Å²) in [5, 5.41) is 4.24. The van der Waals surface area contributed by atoms with Gasteiger partial charge in [-0.1, -0.05) is 50.1 Å². The Morgan fingerprint density at radius 3 is 2.34 bits per heavy atom. The number of aromatic nitrogens is 2. The third-order valence-electron chi connectivity index (χ3n) is 6.71. The molecular formula is C27H45N3O5. The molecule has 198 valence electrons. The lowest BCUT2D eigenvalue weighted by atomic mass is 9.84. The quantitative estimate of drug-likeness (QED) is 0.373. The summed E-state index contributed by atoms with van der Waals surface area (Å²) in [6.07, 6.45) is 11.1. The van der Waals surface area contributed by atoms with Gasteiger partial charge in [-0.25, -0.2) is 4.79 Å². The van der Waals surface area contributed by atoms with Crippen LogP contribution < -0.4 is 0 Å². The number of amides is 1. The fourth-order valence-corrected chi connectivity index (χ4v) is 5.15. The van der Waals surface area contributed by atoms with Crippen LogP contribution in [0.3, 0.4) is 0 Å². The molecule has 1 aromatic rings. The predicted molar refractivity (Wildman–Crippen MR) is 133 cm³/mol. The second-order valence-corrected chi connectivity index (χ2v) is 12.2. The highest BCUT2D eigenvalue weighted by atomic mass is 16.6. The molecule has 35 heavy (non-hydrogen) atoms. The van der Waals surface area contributed by atoms with Crippen molar-refractivity contribution >= 4 is 12.1 Å². The van der Waals surface area contributed by atoms with Crippen molar-refractivity contribution in [2.24, 2.45) is 5.92 Å². The Morgan fingerprint density at radius 2 is 1.69 bits per heavy atom. The summed E-state index contributed by atoms with van der Waals surface area (Å²) in [4.78, 5) is 31.8. The first-order valence-electron chi connectivity index (χ1n) is 13.5. The zero-order valence-corrected chi connectivity index (χ0v) is 22.6. The summed E-state index contributed by atoms with van der Waals surface area (Å²) >= 11 is 0. The fraction of sp³-hybridized carbons (Fsp3) is 0.852. The van der Waals surface area contributed by atoms with E-state index in [0.717, 1.165) is 31.6 Å². The topological polar surface area (TPSA) is 94.8 Å². The smallest absolute Gasteiger partial charge is 0.410 e. The first-order valence-corrected chi connectivity index (χ1v) is 13.5. The Morgan fingerprint density at radius 1 is 1.00 bits per heavy atom. The van der Waals surface area contributed by atoms with Crippen LogP contribution in [0.2, 0.25) is 0 Å². The van der Waals surface area contributed by atoms with Gasteiger partial charge in [0.05, 0.1) is 12.5 Å². The minimum Gasteiger partial charge on any atom is -0.460 e. The predicted octanol–water partition coefficient (Wildman–Crippen LogP) is 6.71. The van der Waals surface area contributed by atoms with Crippen molar-refractivity contribution in [1.82, 2.24) is 15.0 Å². The molecule has 3 rings (SSSR count). The number of hydrogen-bond donors (Lipinski definition) is 0. The third-order valence-corrected chi connectivity index (χ3v) is 6.71. The van der Waals surface area contributed by atoms with Crippen molar-refractivity contribution in [1.29, 1.82) is 0 Å². The Kier molecular flexibility index (Phi) is 9.22. The van der Waals surface area contributed by atoms with Crippen LogP contribution in [0.1, 0.15) is 136 Å². The molecule has 1 unspecified atom stereocenters. The van der Waals surface area contributed by atoms with E-state index in [1.807, 2.05) is 41.5 Å². The number of nitrogens with zero attached hydrogens (tertiary/aromatic N) is 3. The third kappa shape index (κ3) is 8.80. The molecule has 1 amide bonds. The van der Waals surface area contributed by atoms with Crippen molar-refractivity contribution in [2.45, 2.75) is 135 Å². The molecule has 1 aromatic heterocycles. The van der Waals surface area contributed by atoms with Gasteiger partial charge >= 0.3 is 12.1 Å². The van der Waals surface area contributed by atoms with Gasteiger partial charge < -0.3 is 14.0 Å². The molecule has 0 N–H and O–H groups in total. The van der Waals surface area contributed by atoms with Crippen LogP contribution in [0.15, 0.2) is 4.52 Å². The van der Waals surface area contributed by atoms with Crippen LogP contribution in [0, 0.1) is 5.92 Å². The van der Waals surface area contributed by atoms with Crippen molar-refractivity contribution in [3.8, 4) is 0 Å². The molecule has 2 aliphatic rings. The van der Waals surface area contributed by atoms with Gasteiger partial charge in [0.15, 0.2) is 5.82 Å². The minimum atomic E-state index is -0.566. The van der Waals surface area contributed by atoms with E-state index in [-0.39, 0.29) is 30.4 Å². The van der Waals surface area contributed by atoms with E-state index in [1.165, 1.54) is 38.5 Å². The highest BCUT2D eigenvalue weighted by Crippen LogP contribution is 2.35. The van der Waals surface area contributed by atoms with Gasteiger partial charge in [0.1, 0.15) is 11.2 Å². The number of carbonyl (C=O) groups excluding carboxylic acids is 2. The van der Waals surface area contributed by atoms with E-state index in [9.17, 15) is 9.59 Å². The zero-order valence-electron chi connectivity index (χ0n) is 22.6. The number of hydrogen-bond acceptors (Lipinski definition) is 7. The van der Waals surface area contributed by atoms with Gasteiger partial charge in [-0.15, -0.1) is 0 Å². The SMILES string of the molecule is CC(C)(C)OC(=O)C[C@@H](CCCC1CCCCC1)c1nc(C2CCCN2C(=O)OC(C)(C)C)no1. The van der Waals surface area contributed by atoms with Crippen LogP contribution in [-0.4, -0.2) is 44.8 Å². The van der Waals surface area contributed by atoms with Gasteiger partial charge in [0.25, 0.3) is 0 Å². The molecule has 1 aliphatic carbocycles. The minimum absolute atomic E-state index is 0.189. The number of carbonyl (C=O) groups is 2. The van der Waals surface area contributed by atoms with Crippen molar-refractivity contribution in [3.05, 3.63) is 11.7 Å². The van der Waals surface area contributed by atoms with Crippen LogP contribution in [0.25, 0.3) is 0 Å². The van der Waals surface area contributed by atoms with Gasteiger partial charge in [-0.05, 0) is 66.7 Å². The summed E-state index contributed by atoms with van der Waals surface area (Å²) in [6.45, 7) is 11.8. The highest BCUT2D eigenvalue weighted by Gasteiger charge is 2.37. The van der Waals surface area contributed by atoms with Gasteiger partial charge in [0.2, 0.25) is 5.89 Å². The summed E-state index contributed by atoms with van der Waals surface area (Å²) in [7, 11) is 0. The highest BCUT2D eigenvalue weighted by molar-refractivity contribution is 5.71. The normalized spacial score (nSPS) is 20.6. The molecule has 0 spiro atoms. The van der Waals surface area contributed by atoms with Crippen LogP contribution in [-0.2, 0) is 14.3 Å². The number of rotatable bonds is 8. The first-order chi connectivity index (χ1) is 16.4. The monoisotopic (exact) mass is 491 g/mol. The maximum absolute atomic E-state index is 12.7. The molecule has 0 radical (unpaired) electrons. The molecule has 1 aliphatic heterocycles. The Hall–Kier alpha value is -2.12. The van der Waals surface area contributed by atoms with Crippen molar-refractivity contribution in [2.75, 3.05) is 6.54 Å². The Balaban J connectivity index is 1.69. The van der Waals surface area contributed by atoms with Crippen LogP contribution in [0.4, 0.5) is 4.79 Å². The Bertz CT molecular complexity index is 833. The molecule has 0 bridgehead atoms. The Labute approximate surface area is 210 Å². The van der Waals surface area contributed by atoms with E-state index in [0.29, 0.717) is 18.3 Å². The average molecular weight is 492 g/mol. The van der Waals surface area contributed by atoms with Gasteiger partial charge in [-0.2, -0.15) is 4.98 Å². The number of ether oxygens (including phenoxy) is 2. The van der Waals surface area contributed by atoms with E-state index < -0.39 is 11.2 Å². The van der Waals surface area contributed by atoms with Crippen LogP contribution >= 0.6 is 0 Å². The lowest BCUT2D eigenvalue weighted by molar-refractivity contribution is -0.155. The fourth-order valence-electron chi connectivity index (χ4n) is 5.15. The average Bonchev–Trinajstić information content (AvgIpc) is 3.41. The van der Waals surface area contributed by atoms with Crippen molar-refractivity contribution in [3.63, 3.8) is 0 Å². The number of likely N-dealkylation sites (tertiary alicyclic amines) is 1. The maximum atomic E-state index is 12.7. The molecular weight excluding hydrogens is 446 g/mol. The van der Waals surface area contributed by atoms with Crippen LogP contribution in [0.5, 0.6) is 0 Å². The maximum Gasteiger partial charge on any atom is 0.410 e. The lowest BCUT2D eigenvalue weighted by Gasteiger charge is -2.27. The zero-order chi connectivity index (χ0) is 25.6. The summed E-state index contributed by atoms with van der Waals surface area (Å²) in [5.74, 6) is 1.29. The molecule has 1 saturated heterocycles. The lowest BCUT2D eigenvalue weighted by Crippen LogP contribution is -2.36. The molecule has 2 atom stereocenters. The second-order valence-electron chi connectivity index (χ2n) is 12.2. The molecule has 8 heteroatoms. The van der Waals surface area contributed by atoms with E-state index in [1.54, 1.807) is 4.90 Å². The van der Waals surface area contributed by atoms with E-state index >= 15 is 0 Å². The molecule has 2 heterocycles. The summed E-state index contributed by atoms with van der Waals surface area (Å²) in [5.41, 5.74) is -1.11.